The van der Waals surface area contributed by atoms with Crippen LogP contribution in [0.25, 0.3) is 5.69 Å². The van der Waals surface area contributed by atoms with Gasteiger partial charge in [0.05, 0.1) is 35.5 Å². The highest BCUT2D eigenvalue weighted by molar-refractivity contribution is 7.91. The van der Waals surface area contributed by atoms with E-state index in [4.69, 9.17) is 0 Å². The topological polar surface area (TPSA) is 85.2 Å². The fraction of sp³-hybridized carbons (Fsp3) is 0.400. The first-order chi connectivity index (χ1) is 11.0. The monoisotopic (exact) mass is 334 g/mol. The molecule has 0 aliphatic carbocycles. The molecule has 3 rings (SSSR count). The standard InChI is InChI=1S/C15H18N4O3S/c1-18(13-7-8-23(21,22)11-13)15(20)9-14-10-16-17-19(14)12-5-3-2-4-6-12/h2-6,10,13H,7-9,11H2,1H3. The molecule has 0 radical (unpaired) electrons. The number of hydrogen-bond acceptors (Lipinski definition) is 5. The Kier molecular flexibility index (Phi) is 4.16. The van der Waals surface area contributed by atoms with E-state index in [9.17, 15) is 13.2 Å². The Balaban J connectivity index is 1.73. The van der Waals surface area contributed by atoms with Crippen molar-refractivity contribution in [3.8, 4) is 5.69 Å². The molecule has 7 nitrogen and oxygen atoms in total. The van der Waals surface area contributed by atoms with Crippen LogP contribution in [0, 0.1) is 0 Å². The van der Waals surface area contributed by atoms with Gasteiger partial charge < -0.3 is 4.90 Å². The van der Waals surface area contributed by atoms with Gasteiger partial charge in [-0.15, -0.1) is 5.10 Å². The van der Waals surface area contributed by atoms with Crippen LogP contribution in [0.5, 0.6) is 0 Å². The van der Waals surface area contributed by atoms with Gasteiger partial charge in [0, 0.05) is 13.1 Å². The average molecular weight is 334 g/mol. The number of rotatable bonds is 4. The summed E-state index contributed by atoms with van der Waals surface area (Å²) < 4.78 is 24.7. The Labute approximate surface area is 134 Å². The first-order valence-electron chi connectivity index (χ1n) is 7.37. The molecule has 1 aromatic heterocycles. The van der Waals surface area contributed by atoms with Gasteiger partial charge in [-0.25, -0.2) is 13.1 Å². The van der Waals surface area contributed by atoms with Gasteiger partial charge in [-0.2, -0.15) is 0 Å². The second-order valence-electron chi connectivity index (χ2n) is 5.71. The quantitative estimate of drug-likeness (QED) is 0.811. The summed E-state index contributed by atoms with van der Waals surface area (Å²) >= 11 is 0. The Hall–Kier alpha value is -2.22. The molecule has 1 saturated heterocycles. The highest BCUT2D eigenvalue weighted by Crippen LogP contribution is 2.18. The second-order valence-corrected chi connectivity index (χ2v) is 7.94. The molecular formula is C15H18N4O3S. The zero-order chi connectivity index (χ0) is 16.4. The molecule has 1 amide bonds. The van der Waals surface area contributed by atoms with Crippen LogP contribution in [0.15, 0.2) is 36.5 Å². The number of nitrogens with zero attached hydrogens (tertiary/aromatic N) is 4. The van der Waals surface area contributed by atoms with Crippen LogP contribution >= 0.6 is 0 Å². The maximum Gasteiger partial charge on any atom is 0.228 e. The van der Waals surface area contributed by atoms with E-state index in [0.29, 0.717) is 12.1 Å². The fourth-order valence-corrected chi connectivity index (χ4v) is 4.50. The van der Waals surface area contributed by atoms with Crippen LogP contribution < -0.4 is 0 Å². The predicted molar refractivity (Wildman–Crippen MR) is 84.9 cm³/mol. The van der Waals surface area contributed by atoms with Crippen LogP contribution in [0.2, 0.25) is 0 Å². The lowest BCUT2D eigenvalue weighted by Gasteiger charge is -2.23. The minimum Gasteiger partial charge on any atom is -0.341 e. The average Bonchev–Trinajstić information content (AvgIpc) is 3.13. The van der Waals surface area contributed by atoms with Crippen molar-refractivity contribution in [1.82, 2.24) is 19.9 Å². The summed E-state index contributed by atoms with van der Waals surface area (Å²) in [6.07, 6.45) is 2.19. The highest BCUT2D eigenvalue weighted by Gasteiger charge is 2.32. The molecule has 0 bridgehead atoms. The van der Waals surface area contributed by atoms with E-state index in [-0.39, 0.29) is 29.9 Å². The number of hydrogen-bond donors (Lipinski definition) is 0. The van der Waals surface area contributed by atoms with Crippen LogP contribution in [0.4, 0.5) is 0 Å². The molecular weight excluding hydrogens is 316 g/mol. The lowest BCUT2D eigenvalue weighted by Crippen LogP contribution is -2.39. The van der Waals surface area contributed by atoms with Crippen LogP contribution in [0.3, 0.4) is 0 Å². The number of para-hydroxylation sites is 1. The molecule has 1 fully saturated rings. The summed E-state index contributed by atoms with van der Waals surface area (Å²) in [4.78, 5) is 14.0. The van der Waals surface area contributed by atoms with Gasteiger partial charge in [-0.3, -0.25) is 4.79 Å². The van der Waals surface area contributed by atoms with Gasteiger partial charge in [-0.1, -0.05) is 23.4 Å². The van der Waals surface area contributed by atoms with Gasteiger partial charge in [0.1, 0.15) is 0 Å². The third kappa shape index (κ3) is 3.42. The maximum atomic E-state index is 12.5. The SMILES string of the molecule is CN(C(=O)Cc1cnnn1-c1ccccc1)C1CCS(=O)(=O)C1. The molecule has 23 heavy (non-hydrogen) atoms. The fourth-order valence-electron chi connectivity index (χ4n) is 2.73. The molecule has 122 valence electrons. The van der Waals surface area contributed by atoms with Crippen molar-refractivity contribution >= 4 is 15.7 Å². The normalized spacial score (nSPS) is 19.6. The molecule has 8 heteroatoms. The number of carbonyl (C=O) groups excluding carboxylic acids is 1. The van der Waals surface area contributed by atoms with E-state index in [1.165, 1.54) is 4.90 Å². The number of sulfone groups is 1. The molecule has 2 heterocycles. The van der Waals surface area contributed by atoms with Crippen molar-refractivity contribution in [3.05, 3.63) is 42.2 Å². The lowest BCUT2D eigenvalue weighted by molar-refractivity contribution is -0.130. The Morgan fingerprint density at radius 3 is 2.74 bits per heavy atom. The molecule has 1 aliphatic heterocycles. The van der Waals surface area contributed by atoms with E-state index in [1.54, 1.807) is 17.9 Å². The maximum absolute atomic E-state index is 12.5. The van der Waals surface area contributed by atoms with Crippen molar-refractivity contribution in [2.24, 2.45) is 0 Å². The lowest BCUT2D eigenvalue weighted by atomic mass is 10.2. The highest BCUT2D eigenvalue weighted by atomic mass is 32.2. The zero-order valence-electron chi connectivity index (χ0n) is 12.8. The number of benzene rings is 1. The molecule has 0 N–H and O–H groups in total. The van der Waals surface area contributed by atoms with Crippen LogP contribution in [-0.4, -0.2) is 58.8 Å². The third-order valence-corrected chi connectivity index (χ3v) is 5.85. The molecule has 1 atom stereocenters. The summed E-state index contributed by atoms with van der Waals surface area (Å²) in [5.74, 6) is 0.0658. The Morgan fingerprint density at radius 1 is 1.35 bits per heavy atom. The summed E-state index contributed by atoms with van der Waals surface area (Å²) in [5, 5.41) is 7.90. The second kappa shape index (κ2) is 6.11. The number of likely N-dealkylation sites (N-methyl/N-ethyl adjacent to an activating group) is 1. The minimum atomic E-state index is -3.01. The molecule has 1 aromatic carbocycles. The molecule has 0 saturated carbocycles. The molecule has 1 unspecified atom stereocenters. The van der Waals surface area contributed by atoms with Crippen molar-refractivity contribution in [3.63, 3.8) is 0 Å². The van der Waals surface area contributed by atoms with Gasteiger partial charge in [0.25, 0.3) is 0 Å². The smallest absolute Gasteiger partial charge is 0.228 e. The molecule has 0 spiro atoms. The Bertz CT molecular complexity index is 801. The molecule has 1 aliphatic rings. The molecule has 2 aromatic rings. The summed E-state index contributed by atoms with van der Waals surface area (Å²) in [7, 11) is -1.35. The summed E-state index contributed by atoms with van der Waals surface area (Å²) in [5.41, 5.74) is 1.51. The number of amides is 1. The van der Waals surface area contributed by atoms with Crippen LogP contribution in [0.1, 0.15) is 12.1 Å². The zero-order valence-corrected chi connectivity index (χ0v) is 13.6. The van der Waals surface area contributed by atoms with Crippen LogP contribution in [-0.2, 0) is 21.1 Å². The largest absolute Gasteiger partial charge is 0.341 e. The van der Waals surface area contributed by atoms with E-state index < -0.39 is 9.84 Å². The van der Waals surface area contributed by atoms with E-state index in [0.717, 1.165) is 5.69 Å². The van der Waals surface area contributed by atoms with Crippen molar-refractivity contribution in [2.75, 3.05) is 18.6 Å². The summed E-state index contributed by atoms with van der Waals surface area (Å²) in [6.45, 7) is 0. The van der Waals surface area contributed by atoms with Crippen molar-refractivity contribution in [2.45, 2.75) is 18.9 Å². The van der Waals surface area contributed by atoms with E-state index >= 15 is 0 Å². The Morgan fingerprint density at radius 2 is 2.09 bits per heavy atom. The minimum absolute atomic E-state index is 0.0471. The van der Waals surface area contributed by atoms with Crippen molar-refractivity contribution < 1.29 is 13.2 Å². The summed E-state index contributed by atoms with van der Waals surface area (Å²) in [6, 6.07) is 9.20. The number of carbonyl (C=O) groups is 1. The van der Waals surface area contributed by atoms with E-state index in [2.05, 4.69) is 10.3 Å². The van der Waals surface area contributed by atoms with Gasteiger partial charge in [0.2, 0.25) is 5.91 Å². The van der Waals surface area contributed by atoms with Crippen molar-refractivity contribution in [1.29, 1.82) is 0 Å². The van der Waals surface area contributed by atoms with Gasteiger partial charge >= 0.3 is 0 Å². The van der Waals surface area contributed by atoms with Gasteiger partial charge in [0.15, 0.2) is 9.84 Å². The first kappa shape index (κ1) is 15.7. The van der Waals surface area contributed by atoms with E-state index in [1.807, 2.05) is 30.3 Å². The predicted octanol–water partition coefficient (Wildman–Crippen LogP) is 0.455. The first-order valence-corrected chi connectivity index (χ1v) is 9.19. The van der Waals surface area contributed by atoms with Gasteiger partial charge in [-0.05, 0) is 18.6 Å². The number of aromatic nitrogens is 3. The third-order valence-electron chi connectivity index (χ3n) is 4.10.